The van der Waals surface area contributed by atoms with Crippen LogP contribution in [-0.4, -0.2) is 22.3 Å². The molecule has 0 saturated carbocycles. The van der Waals surface area contributed by atoms with Crippen molar-refractivity contribution in [2.45, 2.75) is 13.0 Å². The molecule has 0 aliphatic carbocycles. The highest BCUT2D eigenvalue weighted by Gasteiger charge is 2.27. The molecular formula is C12H14N2O. The monoisotopic (exact) mass is 202 g/mol. The van der Waals surface area contributed by atoms with Gasteiger partial charge in [-0.2, -0.15) is 0 Å². The molecule has 3 heteroatoms. The lowest BCUT2D eigenvalue weighted by Gasteiger charge is -2.15. The number of likely N-dealkylation sites (tertiary alicyclic amines) is 1. The van der Waals surface area contributed by atoms with Gasteiger partial charge in [-0.1, -0.05) is 6.08 Å². The zero-order chi connectivity index (χ0) is 10.7. The van der Waals surface area contributed by atoms with Crippen LogP contribution in [0.15, 0.2) is 37.2 Å². The minimum absolute atomic E-state index is 0.219. The molecule has 1 amide bonds. The summed E-state index contributed by atoms with van der Waals surface area (Å²) in [6, 6.07) is 3.88. The van der Waals surface area contributed by atoms with Crippen LogP contribution in [0.5, 0.6) is 0 Å². The molecule has 0 radical (unpaired) electrons. The van der Waals surface area contributed by atoms with E-state index in [0.29, 0.717) is 18.9 Å². The molecule has 0 bridgehead atoms. The summed E-state index contributed by atoms with van der Waals surface area (Å²) < 4.78 is 0. The van der Waals surface area contributed by atoms with Crippen molar-refractivity contribution < 1.29 is 4.79 Å². The predicted molar refractivity (Wildman–Crippen MR) is 58.0 cm³/mol. The van der Waals surface area contributed by atoms with E-state index in [4.69, 9.17) is 0 Å². The summed E-state index contributed by atoms with van der Waals surface area (Å²) in [5.41, 5.74) is 1.13. The molecule has 1 atom stereocenters. The maximum atomic E-state index is 11.6. The Hall–Kier alpha value is -1.64. The largest absolute Gasteiger partial charge is 0.338 e. The molecule has 0 spiro atoms. The lowest BCUT2D eigenvalue weighted by molar-refractivity contribution is -0.128. The molecule has 0 aromatic carbocycles. The van der Waals surface area contributed by atoms with Crippen molar-refractivity contribution in [3.8, 4) is 0 Å². The van der Waals surface area contributed by atoms with Crippen molar-refractivity contribution in [3.05, 3.63) is 42.7 Å². The first-order valence-electron chi connectivity index (χ1n) is 5.09. The van der Waals surface area contributed by atoms with Gasteiger partial charge in [-0.25, -0.2) is 0 Å². The van der Waals surface area contributed by atoms with E-state index >= 15 is 0 Å². The van der Waals surface area contributed by atoms with Crippen LogP contribution >= 0.6 is 0 Å². The second-order valence-corrected chi connectivity index (χ2v) is 3.83. The highest BCUT2D eigenvalue weighted by molar-refractivity contribution is 5.78. The van der Waals surface area contributed by atoms with Gasteiger partial charge in [0.1, 0.15) is 0 Å². The third kappa shape index (κ3) is 2.24. The number of nitrogens with zero attached hydrogens (tertiary/aromatic N) is 2. The quantitative estimate of drug-likeness (QED) is 0.698. The van der Waals surface area contributed by atoms with Gasteiger partial charge in [0.25, 0.3) is 0 Å². The van der Waals surface area contributed by atoms with Gasteiger partial charge < -0.3 is 4.90 Å². The van der Waals surface area contributed by atoms with E-state index in [0.717, 1.165) is 12.1 Å². The summed E-state index contributed by atoms with van der Waals surface area (Å²) in [7, 11) is 0. The molecule has 1 fully saturated rings. The van der Waals surface area contributed by atoms with Crippen molar-refractivity contribution in [2.75, 3.05) is 6.54 Å². The molecule has 3 nitrogen and oxygen atoms in total. The summed E-state index contributed by atoms with van der Waals surface area (Å²) in [4.78, 5) is 17.4. The van der Waals surface area contributed by atoms with E-state index in [1.807, 2.05) is 23.1 Å². The molecule has 78 valence electrons. The predicted octanol–water partition coefficient (Wildman–Crippen LogP) is 1.62. The van der Waals surface area contributed by atoms with Crippen LogP contribution in [0.1, 0.15) is 12.0 Å². The minimum atomic E-state index is 0.219. The number of hydrogen-bond donors (Lipinski definition) is 0. The standard InChI is InChI=1S/C12H14N2O/c1-2-10-7-12(15)14(8-10)9-11-3-5-13-6-4-11/h2-6,10H,1,7-9H2. The van der Waals surface area contributed by atoms with Crippen LogP contribution in [0.25, 0.3) is 0 Å². The summed E-state index contributed by atoms with van der Waals surface area (Å²) in [6.07, 6.45) is 5.97. The van der Waals surface area contributed by atoms with Crippen LogP contribution in [0.4, 0.5) is 0 Å². The zero-order valence-corrected chi connectivity index (χ0v) is 8.60. The number of carbonyl (C=O) groups is 1. The number of amides is 1. The Kier molecular flexibility index (Phi) is 2.81. The third-order valence-electron chi connectivity index (χ3n) is 2.70. The van der Waals surface area contributed by atoms with Crippen molar-refractivity contribution in [3.63, 3.8) is 0 Å². The molecule has 2 rings (SSSR count). The second kappa shape index (κ2) is 4.26. The number of aromatic nitrogens is 1. The normalized spacial score (nSPS) is 20.7. The molecule has 2 heterocycles. The highest BCUT2D eigenvalue weighted by atomic mass is 16.2. The zero-order valence-electron chi connectivity index (χ0n) is 8.60. The maximum absolute atomic E-state index is 11.6. The van der Waals surface area contributed by atoms with Crippen molar-refractivity contribution in [2.24, 2.45) is 5.92 Å². The summed E-state index contributed by atoms with van der Waals surface area (Å²) in [5, 5.41) is 0. The number of rotatable bonds is 3. The molecule has 1 unspecified atom stereocenters. The molecular weight excluding hydrogens is 188 g/mol. The lowest BCUT2D eigenvalue weighted by Crippen LogP contribution is -2.24. The molecule has 1 aromatic rings. The first-order valence-corrected chi connectivity index (χ1v) is 5.09. The van der Waals surface area contributed by atoms with Crippen molar-refractivity contribution >= 4 is 5.91 Å². The molecule has 1 saturated heterocycles. The van der Waals surface area contributed by atoms with Gasteiger partial charge in [0.2, 0.25) is 5.91 Å². The molecule has 1 aliphatic rings. The average Bonchev–Trinajstić information content (AvgIpc) is 2.61. The Morgan fingerprint density at radius 1 is 1.53 bits per heavy atom. The van der Waals surface area contributed by atoms with Crippen molar-refractivity contribution in [1.82, 2.24) is 9.88 Å². The minimum Gasteiger partial charge on any atom is -0.338 e. The van der Waals surface area contributed by atoms with Crippen LogP contribution in [0.3, 0.4) is 0 Å². The van der Waals surface area contributed by atoms with Crippen LogP contribution in [0, 0.1) is 5.92 Å². The Morgan fingerprint density at radius 2 is 2.27 bits per heavy atom. The Balaban J connectivity index is 2.01. The average molecular weight is 202 g/mol. The number of carbonyl (C=O) groups excluding carboxylic acids is 1. The van der Waals surface area contributed by atoms with Crippen molar-refractivity contribution in [1.29, 1.82) is 0 Å². The van der Waals surface area contributed by atoms with Crippen LogP contribution in [-0.2, 0) is 11.3 Å². The molecule has 1 aromatic heterocycles. The fourth-order valence-electron chi connectivity index (χ4n) is 1.82. The number of pyridine rings is 1. The molecule has 15 heavy (non-hydrogen) atoms. The Labute approximate surface area is 89.4 Å². The maximum Gasteiger partial charge on any atom is 0.223 e. The van der Waals surface area contributed by atoms with E-state index in [1.165, 1.54) is 0 Å². The first kappa shape index (κ1) is 9.90. The van der Waals surface area contributed by atoms with Gasteiger partial charge in [0.15, 0.2) is 0 Å². The van der Waals surface area contributed by atoms with Crippen LogP contribution in [0.2, 0.25) is 0 Å². The van der Waals surface area contributed by atoms with E-state index in [9.17, 15) is 4.79 Å². The van der Waals surface area contributed by atoms with Gasteiger partial charge in [-0.15, -0.1) is 6.58 Å². The second-order valence-electron chi connectivity index (χ2n) is 3.83. The highest BCUT2D eigenvalue weighted by Crippen LogP contribution is 2.20. The van der Waals surface area contributed by atoms with E-state index in [2.05, 4.69) is 11.6 Å². The SMILES string of the molecule is C=CC1CC(=O)N(Cc2ccncc2)C1. The lowest BCUT2D eigenvalue weighted by atomic mass is 10.1. The van der Waals surface area contributed by atoms with E-state index in [1.54, 1.807) is 12.4 Å². The van der Waals surface area contributed by atoms with E-state index < -0.39 is 0 Å². The molecule has 1 aliphatic heterocycles. The molecule has 0 N–H and O–H groups in total. The Morgan fingerprint density at radius 3 is 2.87 bits per heavy atom. The van der Waals surface area contributed by atoms with Gasteiger partial charge >= 0.3 is 0 Å². The topological polar surface area (TPSA) is 33.2 Å². The number of hydrogen-bond acceptors (Lipinski definition) is 2. The summed E-state index contributed by atoms with van der Waals surface area (Å²) in [6.45, 7) is 5.21. The fourth-order valence-corrected chi connectivity index (χ4v) is 1.82. The van der Waals surface area contributed by atoms with Gasteiger partial charge in [-0.05, 0) is 17.7 Å². The first-order chi connectivity index (χ1) is 7.29. The Bertz CT molecular complexity index is 361. The summed E-state index contributed by atoms with van der Waals surface area (Å²) >= 11 is 0. The van der Waals surface area contributed by atoms with Gasteiger partial charge in [0, 0.05) is 37.8 Å². The van der Waals surface area contributed by atoms with E-state index in [-0.39, 0.29) is 5.91 Å². The third-order valence-corrected chi connectivity index (χ3v) is 2.70. The van der Waals surface area contributed by atoms with Crippen LogP contribution < -0.4 is 0 Å². The fraction of sp³-hybridized carbons (Fsp3) is 0.333. The van der Waals surface area contributed by atoms with Gasteiger partial charge in [0.05, 0.1) is 0 Å². The summed E-state index contributed by atoms with van der Waals surface area (Å²) in [5.74, 6) is 0.538. The van der Waals surface area contributed by atoms with Gasteiger partial charge in [-0.3, -0.25) is 9.78 Å². The smallest absolute Gasteiger partial charge is 0.223 e.